The number of hydrogen-bond acceptors (Lipinski definition) is 8. The number of piperidine rings is 1. The zero-order valence-electron chi connectivity index (χ0n) is 24.5. The fourth-order valence-corrected chi connectivity index (χ4v) is 7.42. The van der Waals surface area contributed by atoms with E-state index in [-0.39, 0.29) is 17.3 Å². The molecule has 0 aromatic heterocycles. The number of aliphatic hydroxyl groups is 3. The Bertz CT molecular complexity index is 1070. The first-order valence-electron chi connectivity index (χ1n) is 14.8. The van der Waals surface area contributed by atoms with Crippen molar-refractivity contribution in [1.29, 1.82) is 0 Å². The molecule has 8 heteroatoms. The van der Waals surface area contributed by atoms with E-state index < -0.39 is 24.6 Å². The number of nitrogens with zero attached hydrogens (tertiary/aromatic N) is 1. The Morgan fingerprint density at radius 1 is 0.975 bits per heavy atom. The van der Waals surface area contributed by atoms with Gasteiger partial charge in [-0.1, -0.05) is 49.6 Å². The van der Waals surface area contributed by atoms with Gasteiger partial charge in [-0.05, 0) is 76.1 Å². The summed E-state index contributed by atoms with van der Waals surface area (Å²) in [6, 6.07) is 14.7. The number of likely N-dealkylation sites (tertiary alicyclic amines) is 1. The zero-order chi connectivity index (χ0) is 28.9. The molecule has 1 saturated heterocycles. The summed E-state index contributed by atoms with van der Waals surface area (Å²) < 4.78 is 0. The van der Waals surface area contributed by atoms with Gasteiger partial charge in [0.15, 0.2) is 0 Å². The molecule has 6 N–H and O–H groups in total. The minimum atomic E-state index is -1.05. The van der Waals surface area contributed by atoms with Gasteiger partial charge < -0.3 is 20.4 Å². The average molecular weight is 572 g/mol. The molecule has 0 unspecified atom stereocenters. The topological polar surface area (TPSA) is 108 Å². The Balaban J connectivity index is 1.53. The highest BCUT2D eigenvalue weighted by molar-refractivity contribution is 7.99. The van der Waals surface area contributed by atoms with E-state index >= 15 is 0 Å². The third-order valence-electron chi connectivity index (χ3n) is 8.57. The molecule has 7 atom stereocenters. The predicted octanol–water partition coefficient (Wildman–Crippen LogP) is 4.39. The summed E-state index contributed by atoms with van der Waals surface area (Å²) in [5.74, 6) is 1.88. The molecular formula is C32H49N3O4S. The molecule has 1 aliphatic carbocycles. The molecule has 0 spiro atoms. The van der Waals surface area contributed by atoms with Gasteiger partial charge in [0, 0.05) is 46.9 Å². The lowest BCUT2D eigenvalue weighted by molar-refractivity contribution is -0.0655. The van der Waals surface area contributed by atoms with Gasteiger partial charge in [-0.3, -0.25) is 15.5 Å². The maximum absolute atomic E-state index is 11.7. The summed E-state index contributed by atoms with van der Waals surface area (Å²) in [5, 5.41) is 51.0. The first-order valence-corrected chi connectivity index (χ1v) is 15.8. The third kappa shape index (κ3) is 8.44. The largest absolute Gasteiger partial charge is 0.508 e. The second kappa shape index (κ2) is 14.0. The van der Waals surface area contributed by atoms with Crippen molar-refractivity contribution >= 4 is 11.8 Å². The van der Waals surface area contributed by atoms with Crippen molar-refractivity contribution in [2.24, 2.45) is 11.8 Å². The van der Waals surface area contributed by atoms with Gasteiger partial charge in [0.2, 0.25) is 0 Å². The van der Waals surface area contributed by atoms with Crippen LogP contribution in [-0.4, -0.2) is 74.1 Å². The van der Waals surface area contributed by atoms with Gasteiger partial charge in [0.25, 0.3) is 0 Å². The quantitative estimate of drug-likeness (QED) is 0.174. The minimum Gasteiger partial charge on any atom is -0.508 e. The number of phenols is 1. The highest BCUT2D eigenvalue weighted by atomic mass is 32.2. The Hall–Kier alpha value is -1.65. The number of hydrogen-bond donors (Lipinski definition) is 6. The van der Waals surface area contributed by atoms with Gasteiger partial charge in [-0.15, -0.1) is 11.8 Å². The van der Waals surface area contributed by atoms with Crippen LogP contribution in [0.5, 0.6) is 5.75 Å². The van der Waals surface area contributed by atoms with Crippen LogP contribution in [0.4, 0.5) is 0 Å². The molecule has 1 heterocycles. The van der Waals surface area contributed by atoms with E-state index in [1.165, 1.54) is 25.7 Å². The predicted molar refractivity (Wildman–Crippen MR) is 162 cm³/mol. The standard InChI is InChI=1S/C32H49N3O4S/c1-21-25(15-10-16-28(21)36)30(38)33-26(20-40-24-13-6-5-7-14-24)29(37)19-35-18-23-12-9-8-11-22(23)17-27(35)31(39)34-32(2,3)4/h5-7,10,13-16,22-23,26-27,29-31,33-34,36-39H,8-9,11-12,17-20H2,1-4H3/t22-,23+,26-,27-,29+,30+,31+/m0/s1. The van der Waals surface area contributed by atoms with E-state index in [0.717, 1.165) is 17.9 Å². The van der Waals surface area contributed by atoms with Gasteiger partial charge in [-0.2, -0.15) is 0 Å². The Morgan fingerprint density at radius 3 is 2.38 bits per heavy atom. The number of phenolic OH excluding ortho intramolecular Hbond substituents is 1. The Labute approximate surface area is 244 Å². The molecule has 1 saturated carbocycles. The lowest BCUT2D eigenvalue weighted by Gasteiger charge is -2.49. The molecule has 1 aliphatic heterocycles. The van der Waals surface area contributed by atoms with Crippen molar-refractivity contribution in [1.82, 2.24) is 15.5 Å². The highest BCUT2D eigenvalue weighted by Gasteiger charge is 2.41. The van der Waals surface area contributed by atoms with Crippen molar-refractivity contribution in [3.63, 3.8) is 0 Å². The molecule has 7 nitrogen and oxygen atoms in total. The fourth-order valence-electron chi connectivity index (χ4n) is 6.38. The summed E-state index contributed by atoms with van der Waals surface area (Å²) in [6.07, 6.45) is 3.32. The van der Waals surface area contributed by atoms with Crippen LogP contribution in [0.2, 0.25) is 0 Å². The molecule has 0 amide bonds. The van der Waals surface area contributed by atoms with E-state index in [0.29, 0.717) is 35.3 Å². The summed E-state index contributed by atoms with van der Waals surface area (Å²) >= 11 is 1.63. The van der Waals surface area contributed by atoms with E-state index in [4.69, 9.17) is 0 Å². The number of nitrogens with one attached hydrogen (secondary N) is 2. The smallest absolute Gasteiger partial charge is 0.131 e. The molecule has 222 valence electrons. The molecule has 2 fully saturated rings. The number of aromatic hydroxyl groups is 1. The van der Waals surface area contributed by atoms with Gasteiger partial charge >= 0.3 is 0 Å². The summed E-state index contributed by atoms with van der Waals surface area (Å²) in [5.41, 5.74) is 0.974. The average Bonchev–Trinajstić information content (AvgIpc) is 2.91. The second-order valence-corrected chi connectivity index (χ2v) is 13.9. The third-order valence-corrected chi connectivity index (χ3v) is 9.70. The lowest BCUT2D eigenvalue weighted by atomic mass is 9.72. The molecule has 2 aromatic rings. The summed E-state index contributed by atoms with van der Waals surface area (Å²) in [7, 11) is 0. The molecule has 40 heavy (non-hydrogen) atoms. The van der Waals surface area contributed by atoms with Crippen molar-refractivity contribution in [2.45, 2.75) is 101 Å². The molecule has 2 aromatic carbocycles. The van der Waals surface area contributed by atoms with Gasteiger partial charge in [0.1, 0.15) is 18.2 Å². The van der Waals surface area contributed by atoms with Crippen LogP contribution in [0.15, 0.2) is 53.4 Å². The maximum atomic E-state index is 11.7. The number of benzene rings is 2. The van der Waals surface area contributed by atoms with E-state index in [9.17, 15) is 20.4 Å². The monoisotopic (exact) mass is 571 g/mol. The zero-order valence-corrected chi connectivity index (χ0v) is 25.3. The van der Waals surface area contributed by atoms with Crippen LogP contribution in [0.3, 0.4) is 0 Å². The number of β-amino-alcohol motifs (C(OH)–C–C–N with tert-alkyl or cyclic N) is 1. The number of fused-ring (bicyclic) bond motifs is 1. The first kappa shape index (κ1) is 31.3. The lowest BCUT2D eigenvalue weighted by Crippen LogP contribution is -2.62. The Kier molecular flexibility index (Phi) is 11.0. The number of aliphatic hydroxyl groups excluding tert-OH is 3. The van der Waals surface area contributed by atoms with Crippen molar-refractivity contribution in [3.05, 3.63) is 59.7 Å². The first-order chi connectivity index (χ1) is 19.0. The van der Waals surface area contributed by atoms with Crippen LogP contribution in [0.1, 0.15) is 70.2 Å². The molecule has 0 radical (unpaired) electrons. The normalized spacial score (nSPS) is 25.1. The van der Waals surface area contributed by atoms with E-state index in [1.807, 2.05) is 30.3 Å². The van der Waals surface area contributed by atoms with Gasteiger partial charge in [-0.25, -0.2) is 0 Å². The SMILES string of the molecule is Cc1c(O)cccc1[C@@H](O)N[C@@H](CSc1ccccc1)[C@H](O)CN1C[C@H]2CCCC[C@H]2C[C@H]1[C@@H](O)NC(C)(C)C. The molecule has 0 bridgehead atoms. The fraction of sp³-hybridized carbons (Fsp3) is 0.625. The molecule has 2 aliphatic rings. The van der Waals surface area contributed by atoms with Crippen LogP contribution < -0.4 is 10.6 Å². The Morgan fingerprint density at radius 2 is 1.68 bits per heavy atom. The highest BCUT2D eigenvalue weighted by Crippen LogP contribution is 2.39. The van der Waals surface area contributed by atoms with Crippen molar-refractivity contribution in [2.75, 3.05) is 18.8 Å². The van der Waals surface area contributed by atoms with Crippen molar-refractivity contribution in [3.8, 4) is 5.75 Å². The van der Waals surface area contributed by atoms with E-state index in [2.05, 4.69) is 36.3 Å². The summed E-state index contributed by atoms with van der Waals surface area (Å²) in [6.45, 7) is 9.23. The minimum absolute atomic E-state index is 0.0890. The maximum Gasteiger partial charge on any atom is 0.131 e. The van der Waals surface area contributed by atoms with Crippen LogP contribution in [0, 0.1) is 18.8 Å². The van der Waals surface area contributed by atoms with Crippen LogP contribution >= 0.6 is 11.8 Å². The van der Waals surface area contributed by atoms with Gasteiger partial charge in [0.05, 0.1) is 6.10 Å². The molecule has 4 rings (SSSR count). The van der Waals surface area contributed by atoms with Crippen LogP contribution in [0.25, 0.3) is 0 Å². The number of thioether (sulfide) groups is 1. The van der Waals surface area contributed by atoms with Crippen LogP contribution in [-0.2, 0) is 0 Å². The second-order valence-electron chi connectivity index (χ2n) is 12.8. The number of rotatable bonds is 11. The molecular weight excluding hydrogens is 522 g/mol. The van der Waals surface area contributed by atoms with Crippen molar-refractivity contribution < 1.29 is 20.4 Å². The van der Waals surface area contributed by atoms with E-state index in [1.54, 1.807) is 36.9 Å². The summed E-state index contributed by atoms with van der Waals surface area (Å²) in [4.78, 5) is 3.38.